The summed E-state index contributed by atoms with van der Waals surface area (Å²) in [5.74, 6) is 1.30. The summed E-state index contributed by atoms with van der Waals surface area (Å²) in [4.78, 5) is 0. The van der Waals surface area contributed by atoms with Crippen molar-refractivity contribution < 1.29 is 9.47 Å². The molecular formula is C16H24N2O2. The van der Waals surface area contributed by atoms with Gasteiger partial charge in [0.15, 0.2) is 6.61 Å². The third-order valence-corrected chi connectivity index (χ3v) is 2.83. The molecular weight excluding hydrogens is 252 g/mol. The Morgan fingerprint density at radius 3 is 2.50 bits per heavy atom. The van der Waals surface area contributed by atoms with Crippen LogP contribution in [0.15, 0.2) is 24.3 Å². The highest BCUT2D eigenvalue weighted by atomic mass is 16.5. The van der Waals surface area contributed by atoms with Crippen molar-refractivity contribution >= 4 is 0 Å². The fourth-order valence-corrected chi connectivity index (χ4v) is 1.75. The molecule has 0 radical (unpaired) electrons. The maximum atomic E-state index is 8.45. The highest BCUT2D eigenvalue weighted by molar-refractivity contribution is 5.29. The number of ether oxygens (including phenoxy) is 2. The highest BCUT2D eigenvalue weighted by Crippen LogP contribution is 2.17. The van der Waals surface area contributed by atoms with E-state index in [4.69, 9.17) is 14.7 Å². The van der Waals surface area contributed by atoms with Gasteiger partial charge in [0.1, 0.15) is 11.8 Å². The van der Waals surface area contributed by atoms with Crippen LogP contribution in [0, 0.1) is 17.2 Å². The lowest BCUT2D eigenvalue weighted by atomic mass is 10.1. The summed E-state index contributed by atoms with van der Waals surface area (Å²) < 4.78 is 10.8. The van der Waals surface area contributed by atoms with Crippen LogP contribution in [-0.4, -0.2) is 26.4 Å². The zero-order valence-corrected chi connectivity index (χ0v) is 12.6. The Balaban J connectivity index is 2.29. The van der Waals surface area contributed by atoms with E-state index in [0.717, 1.165) is 25.5 Å². The highest BCUT2D eigenvalue weighted by Gasteiger charge is 2.04. The van der Waals surface area contributed by atoms with Crippen molar-refractivity contribution in [2.75, 3.05) is 26.4 Å². The molecule has 0 heterocycles. The largest absolute Gasteiger partial charge is 0.479 e. The number of benzene rings is 1. The molecule has 0 spiro atoms. The Labute approximate surface area is 121 Å². The van der Waals surface area contributed by atoms with Crippen LogP contribution in [0.3, 0.4) is 0 Å². The van der Waals surface area contributed by atoms with Gasteiger partial charge < -0.3 is 14.8 Å². The van der Waals surface area contributed by atoms with E-state index in [9.17, 15) is 0 Å². The molecule has 0 saturated carbocycles. The first kappa shape index (κ1) is 16.5. The SMILES string of the molecule is CC(C)COCCNC(C)c1ccc(OCC#N)cc1. The molecule has 0 fully saturated rings. The minimum atomic E-state index is 0.0837. The third kappa shape index (κ3) is 6.55. The first-order chi connectivity index (χ1) is 9.63. The van der Waals surface area contributed by atoms with Crippen molar-refractivity contribution in [1.29, 1.82) is 5.26 Å². The van der Waals surface area contributed by atoms with Crippen LogP contribution in [0.2, 0.25) is 0 Å². The standard InChI is InChI=1S/C16H24N2O2/c1-13(2)12-19-11-9-18-14(3)15-4-6-16(7-5-15)20-10-8-17/h4-7,13-14,18H,9-12H2,1-3H3. The van der Waals surface area contributed by atoms with Crippen molar-refractivity contribution in [2.45, 2.75) is 26.8 Å². The summed E-state index contributed by atoms with van der Waals surface area (Å²) in [6.45, 7) is 8.86. The number of hydrogen-bond acceptors (Lipinski definition) is 4. The molecule has 1 N–H and O–H groups in total. The van der Waals surface area contributed by atoms with Gasteiger partial charge in [-0.15, -0.1) is 0 Å². The molecule has 0 aliphatic heterocycles. The van der Waals surface area contributed by atoms with Crippen LogP contribution in [0.5, 0.6) is 5.75 Å². The summed E-state index contributed by atoms with van der Waals surface area (Å²) in [6.07, 6.45) is 0. The number of nitrogens with zero attached hydrogens (tertiary/aromatic N) is 1. The maximum Gasteiger partial charge on any atom is 0.174 e. The van der Waals surface area contributed by atoms with Gasteiger partial charge in [-0.25, -0.2) is 0 Å². The van der Waals surface area contributed by atoms with Gasteiger partial charge in [-0.05, 0) is 30.5 Å². The van der Waals surface area contributed by atoms with E-state index in [1.165, 1.54) is 5.56 Å². The second-order valence-corrected chi connectivity index (χ2v) is 5.16. The number of nitrogens with one attached hydrogen (secondary N) is 1. The van der Waals surface area contributed by atoms with Gasteiger partial charge >= 0.3 is 0 Å². The van der Waals surface area contributed by atoms with E-state index in [-0.39, 0.29) is 12.6 Å². The first-order valence-corrected chi connectivity index (χ1v) is 7.04. The normalized spacial score (nSPS) is 12.2. The Morgan fingerprint density at radius 2 is 1.90 bits per heavy atom. The van der Waals surface area contributed by atoms with Crippen LogP contribution >= 0.6 is 0 Å². The summed E-state index contributed by atoms with van der Waals surface area (Å²) in [7, 11) is 0. The zero-order valence-electron chi connectivity index (χ0n) is 12.6. The predicted octanol–water partition coefficient (Wildman–Crippen LogP) is 2.91. The molecule has 0 saturated heterocycles. The Kier molecular flexibility index (Phi) is 7.71. The van der Waals surface area contributed by atoms with Crippen LogP contribution in [0.1, 0.15) is 32.4 Å². The van der Waals surface area contributed by atoms with Gasteiger partial charge in [0.25, 0.3) is 0 Å². The van der Waals surface area contributed by atoms with Crippen LogP contribution < -0.4 is 10.1 Å². The molecule has 1 rings (SSSR count). The van der Waals surface area contributed by atoms with Crippen molar-refractivity contribution in [3.63, 3.8) is 0 Å². The van der Waals surface area contributed by atoms with E-state index in [0.29, 0.717) is 5.92 Å². The van der Waals surface area contributed by atoms with Crippen LogP contribution in [-0.2, 0) is 4.74 Å². The summed E-state index contributed by atoms with van der Waals surface area (Å²) in [5.41, 5.74) is 1.19. The topological polar surface area (TPSA) is 54.3 Å². The van der Waals surface area contributed by atoms with Crippen molar-refractivity contribution in [2.24, 2.45) is 5.92 Å². The molecule has 1 unspecified atom stereocenters. The number of nitriles is 1. The quantitative estimate of drug-likeness (QED) is 0.705. The molecule has 20 heavy (non-hydrogen) atoms. The smallest absolute Gasteiger partial charge is 0.174 e. The van der Waals surface area contributed by atoms with Crippen molar-refractivity contribution in [1.82, 2.24) is 5.32 Å². The molecule has 0 amide bonds. The molecule has 4 nitrogen and oxygen atoms in total. The predicted molar refractivity (Wildman–Crippen MR) is 79.6 cm³/mol. The molecule has 4 heteroatoms. The molecule has 0 aliphatic rings. The minimum Gasteiger partial charge on any atom is -0.479 e. The summed E-state index contributed by atoms with van der Waals surface area (Å²) in [6, 6.07) is 10.0. The lowest BCUT2D eigenvalue weighted by molar-refractivity contribution is 0.110. The Bertz CT molecular complexity index is 409. The van der Waals surface area contributed by atoms with E-state index in [1.54, 1.807) is 0 Å². The number of rotatable bonds is 9. The molecule has 0 aliphatic carbocycles. The van der Waals surface area contributed by atoms with Crippen molar-refractivity contribution in [3.05, 3.63) is 29.8 Å². The summed E-state index contributed by atoms with van der Waals surface area (Å²) >= 11 is 0. The molecule has 0 aromatic heterocycles. The first-order valence-electron chi connectivity index (χ1n) is 7.04. The van der Waals surface area contributed by atoms with Gasteiger partial charge in [0, 0.05) is 19.2 Å². The zero-order chi connectivity index (χ0) is 14.8. The second-order valence-electron chi connectivity index (χ2n) is 5.16. The Morgan fingerprint density at radius 1 is 1.20 bits per heavy atom. The molecule has 110 valence electrons. The maximum absolute atomic E-state index is 8.45. The van der Waals surface area contributed by atoms with E-state index in [1.807, 2.05) is 30.3 Å². The van der Waals surface area contributed by atoms with E-state index >= 15 is 0 Å². The van der Waals surface area contributed by atoms with Gasteiger partial charge in [0.2, 0.25) is 0 Å². The fourth-order valence-electron chi connectivity index (χ4n) is 1.75. The van der Waals surface area contributed by atoms with Crippen LogP contribution in [0.25, 0.3) is 0 Å². The van der Waals surface area contributed by atoms with Crippen molar-refractivity contribution in [3.8, 4) is 11.8 Å². The van der Waals surface area contributed by atoms with Gasteiger partial charge in [-0.2, -0.15) is 5.26 Å². The lowest BCUT2D eigenvalue weighted by Crippen LogP contribution is -2.23. The average molecular weight is 276 g/mol. The Hall–Kier alpha value is -1.57. The van der Waals surface area contributed by atoms with Gasteiger partial charge in [-0.1, -0.05) is 26.0 Å². The second kappa shape index (κ2) is 9.35. The van der Waals surface area contributed by atoms with Crippen LogP contribution in [0.4, 0.5) is 0 Å². The third-order valence-electron chi connectivity index (χ3n) is 2.83. The minimum absolute atomic E-state index is 0.0837. The van der Waals surface area contributed by atoms with E-state index in [2.05, 4.69) is 26.1 Å². The average Bonchev–Trinajstić information content (AvgIpc) is 2.44. The molecule has 1 aromatic rings. The van der Waals surface area contributed by atoms with Gasteiger partial charge in [0.05, 0.1) is 6.61 Å². The lowest BCUT2D eigenvalue weighted by Gasteiger charge is -2.15. The van der Waals surface area contributed by atoms with Gasteiger partial charge in [-0.3, -0.25) is 0 Å². The monoisotopic (exact) mass is 276 g/mol. The van der Waals surface area contributed by atoms with E-state index < -0.39 is 0 Å². The molecule has 0 bridgehead atoms. The summed E-state index contributed by atoms with van der Waals surface area (Å²) in [5, 5.41) is 11.9. The number of hydrogen-bond donors (Lipinski definition) is 1. The molecule has 1 atom stereocenters. The fraction of sp³-hybridized carbons (Fsp3) is 0.562. The molecule has 1 aromatic carbocycles.